The number of halogens is 1. The molecule has 142 valence electrons. The van der Waals surface area contributed by atoms with Crippen LogP contribution in [0.5, 0.6) is 0 Å². The maximum Gasteiger partial charge on any atom is 0.228 e. The van der Waals surface area contributed by atoms with Gasteiger partial charge in [-0.25, -0.2) is 4.98 Å². The molecule has 2 aromatic heterocycles. The molecule has 0 unspecified atom stereocenters. The lowest BCUT2D eigenvalue weighted by atomic mass is 9.99. The minimum Gasteiger partial charge on any atom is -0.354 e. The SMILES string of the molecule is Cl.NC1(c2noc(CCN3CCN(c4ccccn4)CC3)n2)CCCC1. The molecular formula is C18H27ClN6O. The summed E-state index contributed by atoms with van der Waals surface area (Å²) >= 11 is 0. The Bertz CT molecular complexity index is 680. The zero-order valence-electron chi connectivity index (χ0n) is 15.0. The third-order valence-electron chi connectivity index (χ3n) is 5.40. The molecule has 0 atom stereocenters. The molecule has 1 saturated heterocycles. The minimum absolute atomic E-state index is 0. The molecule has 2 aliphatic rings. The number of pyridine rings is 1. The van der Waals surface area contributed by atoms with Crippen molar-refractivity contribution in [2.75, 3.05) is 37.6 Å². The van der Waals surface area contributed by atoms with Crippen LogP contribution < -0.4 is 10.6 Å². The Hall–Kier alpha value is -1.70. The normalized spacial score (nSPS) is 20.1. The average Bonchev–Trinajstić information content (AvgIpc) is 3.31. The average molecular weight is 379 g/mol. The van der Waals surface area contributed by atoms with Crippen molar-refractivity contribution in [2.24, 2.45) is 5.73 Å². The zero-order chi connectivity index (χ0) is 17.1. The molecule has 2 N–H and O–H groups in total. The number of hydrogen-bond donors (Lipinski definition) is 1. The number of rotatable bonds is 5. The first kappa shape index (κ1) is 19.1. The molecule has 1 aliphatic heterocycles. The van der Waals surface area contributed by atoms with Gasteiger partial charge in [-0.15, -0.1) is 12.4 Å². The van der Waals surface area contributed by atoms with Gasteiger partial charge in [0, 0.05) is 45.3 Å². The van der Waals surface area contributed by atoms with Crippen molar-refractivity contribution in [3.05, 3.63) is 36.1 Å². The highest BCUT2D eigenvalue weighted by Gasteiger charge is 2.35. The van der Waals surface area contributed by atoms with Crippen molar-refractivity contribution in [3.63, 3.8) is 0 Å². The van der Waals surface area contributed by atoms with Gasteiger partial charge < -0.3 is 15.2 Å². The Morgan fingerprint density at radius 2 is 1.88 bits per heavy atom. The summed E-state index contributed by atoms with van der Waals surface area (Å²) in [6.45, 7) is 4.99. The number of nitrogens with zero attached hydrogens (tertiary/aromatic N) is 5. The quantitative estimate of drug-likeness (QED) is 0.851. The third-order valence-corrected chi connectivity index (χ3v) is 5.40. The molecule has 1 saturated carbocycles. The van der Waals surface area contributed by atoms with Gasteiger partial charge in [0.15, 0.2) is 5.82 Å². The van der Waals surface area contributed by atoms with Gasteiger partial charge in [0.1, 0.15) is 5.82 Å². The molecule has 0 bridgehead atoms. The van der Waals surface area contributed by atoms with Crippen molar-refractivity contribution >= 4 is 18.2 Å². The van der Waals surface area contributed by atoms with Crippen LogP contribution >= 0.6 is 12.4 Å². The summed E-state index contributed by atoms with van der Waals surface area (Å²) in [5.41, 5.74) is 6.03. The molecule has 8 heteroatoms. The van der Waals surface area contributed by atoms with Gasteiger partial charge in [0.25, 0.3) is 0 Å². The first-order valence-electron chi connectivity index (χ1n) is 9.23. The number of aromatic nitrogens is 3. The first-order chi connectivity index (χ1) is 12.2. The largest absolute Gasteiger partial charge is 0.354 e. The van der Waals surface area contributed by atoms with Gasteiger partial charge in [0.05, 0.1) is 5.54 Å². The van der Waals surface area contributed by atoms with Crippen LogP contribution in [-0.4, -0.2) is 52.7 Å². The second-order valence-electron chi connectivity index (χ2n) is 7.14. The van der Waals surface area contributed by atoms with Gasteiger partial charge in [-0.1, -0.05) is 24.1 Å². The van der Waals surface area contributed by atoms with E-state index in [2.05, 4.69) is 31.0 Å². The molecule has 2 fully saturated rings. The van der Waals surface area contributed by atoms with E-state index in [4.69, 9.17) is 10.3 Å². The number of hydrogen-bond acceptors (Lipinski definition) is 7. The van der Waals surface area contributed by atoms with Gasteiger partial charge in [-0.05, 0) is 25.0 Å². The predicted molar refractivity (Wildman–Crippen MR) is 102 cm³/mol. The predicted octanol–water partition coefficient (Wildman–Crippen LogP) is 1.98. The maximum absolute atomic E-state index is 6.40. The molecule has 0 radical (unpaired) electrons. The van der Waals surface area contributed by atoms with Crippen LogP contribution in [0.3, 0.4) is 0 Å². The Morgan fingerprint density at radius 3 is 2.58 bits per heavy atom. The van der Waals surface area contributed by atoms with E-state index < -0.39 is 0 Å². The summed E-state index contributed by atoms with van der Waals surface area (Å²) in [5.74, 6) is 2.47. The Kier molecular flexibility index (Phi) is 6.11. The molecule has 0 amide bonds. The van der Waals surface area contributed by atoms with E-state index in [1.165, 1.54) is 0 Å². The smallest absolute Gasteiger partial charge is 0.228 e. The summed E-state index contributed by atoms with van der Waals surface area (Å²) in [6.07, 6.45) is 6.86. The highest BCUT2D eigenvalue weighted by molar-refractivity contribution is 5.85. The maximum atomic E-state index is 6.40. The van der Waals surface area contributed by atoms with Gasteiger partial charge in [-0.2, -0.15) is 4.98 Å². The van der Waals surface area contributed by atoms with Gasteiger partial charge in [0.2, 0.25) is 5.89 Å². The van der Waals surface area contributed by atoms with E-state index in [0.717, 1.165) is 70.6 Å². The molecule has 0 aromatic carbocycles. The third kappa shape index (κ3) is 4.16. The van der Waals surface area contributed by atoms with Crippen molar-refractivity contribution in [1.82, 2.24) is 20.0 Å². The molecule has 4 rings (SSSR count). The van der Waals surface area contributed by atoms with Crippen LogP contribution in [0.15, 0.2) is 28.9 Å². The van der Waals surface area contributed by atoms with Crippen LogP contribution in [-0.2, 0) is 12.0 Å². The van der Waals surface area contributed by atoms with Crippen LogP contribution in [0, 0.1) is 0 Å². The van der Waals surface area contributed by atoms with Crippen molar-refractivity contribution < 1.29 is 4.52 Å². The second-order valence-corrected chi connectivity index (χ2v) is 7.14. The minimum atomic E-state index is -0.365. The number of piperazine rings is 1. The summed E-state index contributed by atoms with van der Waals surface area (Å²) in [5, 5.41) is 4.14. The fraction of sp³-hybridized carbons (Fsp3) is 0.611. The lowest BCUT2D eigenvalue weighted by Crippen LogP contribution is -2.47. The van der Waals surface area contributed by atoms with E-state index in [1.807, 2.05) is 18.3 Å². The van der Waals surface area contributed by atoms with E-state index in [0.29, 0.717) is 11.7 Å². The Labute approximate surface area is 160 Å². The topological polar surface area (TPSA) is 84.3 Å². The van der Waals surface area contributed by atoms with Crippen LogP contribution in [0.25, 0.3) is 0 Å². The summed E-state index contributed by atoms with van der Waals surface area (Å²) < 4.78 is 5.44. The molecule has 1 aliphatic carbocycles. The molecule has 26 heavy (non-hydrogen) atoms. The molecule has 0 spiro atoms. The van der Waals surface area contributed by atoms with Crippen LogP contribution in [0.1, 0.15) is 37.4 Å². The van der Waals surface area contributed by atoms with E-state index >= 15 is 0 Å². The lowest BCUT2D eigenvalue weighted by molar-refractivity contribution is 0.248. The summed E-state index contributed by atoms with van der Waals surface area (Å²) in [4.78, 5) is 13.8. The number of anilines is 1. The van der Waals surface area contributed by atoms with E-state index in [1.54, 1.807) is 0 Å². The van der Waals surface area contributed by atoms with Gasteiger partial charge in [-0.3, -0.25) is 4.90 Å². The zero-order valence-corrected chi connectivity index (χ0v) is 15.8. The van der Waals surface area contributed by atoms with Crippen molar-refractivity contribution in [1.29, 1.82) is 0 Å². The summed E-state index contributed by atoms with van der Waals surface area (Å²) in [6, 6.07) is 6.06. The van der Waals surface area contributed by atoms with E-state index in [9.17, 15) is 0 Å². The molecule has 7 nitrogen and oxygen atoms in total. The summed E-state index contributed by atoms with van der Waals surface area (Å²) in [7, 11) is 0. The first-order valence-corrected chi connectivity index (χ1v) is 9.23. The monoisotopic (exact) mass is 378 g/mol. The van der Waals surface area contributed by atoms with Crippen LogP contribution in [0.2, 0.25) is 0 Å². The van der Waals surface area contributed by atoms with Crippen LogP contribution in [0.4, 0.5) is 5.82 Å². The van der Waals surface area contributed by atoms with Gasteiger partial charge >= 0.3 is 0 Å². The molecular weight excluding hydrogens is 352 g/mol. The highest BCUT2D eigenvalue weighted by atomic mass is 35.5. The fourth-order valence-electron chi connectivity index (χ4n) is 3.78. The lowest BCUT2D eigenvalue weighted by Gasteiger charge is -2.35. The molecule has 3 heterocycles. The van der Waals surface area contributed by atoms with Crippen molar-refractivity contribution in [2.45, 2.75) is 37.6 Å². The second kappa shape index (κ2) is 8.33. The number of nitrogens with two attached hydrogens (primary N) is 1. The van der Waals surface area contributed by atoms with Crippen molar-refractivity contribution in [3.8, 4) is 0 Å². The Balaban J connectivity index is 0.00000196. The highest BCUT2D eigenvalue weighted by Crippen LogP contribution is 2.34. The Morgan fingerprint density at radius 1 is 1.12 bits per heavy atom. The van der Waals surface area contributed by atoms with E-state index in [-0.39, 0.29) is 17.9 Å². The standard InChI is InChI=1S/C18H26N6O.ClH/c19-18(7-2-3-8-18)17-21-16(25-22-17)6-10-23-11-13-24(14-12-23)15-5-1-4-9-20-15;/h1,4-5,9H,2-3,6-8,10-14,19H2;1H. The molecule has 2 aromatic rings. The fourth-order valence-corrected chi connectivity index (χ4v) is 3.78.